The number of carbonyl (C=O) groups excluding carboxylic acids is 1. The summed E-state index contributed by atoms with van der Waals surface area (Å²) in [5, 5.41) is 10.7. The second kappa shape index (κ2) is 6.15. The number of anilines is 1. The number of amides is 1. The van der Waals surface area contributed by atoms with E-state index in [2.05, 4.69) is 15.6 Å². The van der Waals surface area contributed by atoms with E-state index in [-0.39, 0.29) is 23.5 Å². The van der Waals surface area contributed by atoms with Gasteiger partial charge in [0.05, 0.1) is 11.8 Å². The SMILES string of the molecule is Cc1ccccc1-n1nnc(C(=O)NC[C@@H]2CCCO2)c1N. The van der Waals surface area contributed by atoms with Crippen LogP contribution in [0.4, 0.5) is 5.82 Å². The molecule has 0 saturated carbocycles. The van der Waals surface area contributed by atoms with Crippen molar-refractivity contribution < 1.29 is 9.53 Å². The summed E-state index contributed by atoms with van der Waals surface area (Å²) < 4.78 is 6.95. The third-order valence-corrected chi connectivity index (χ3v) is 3.78. The molecule has 0 spiro atoms. The Kier molecular flexibility index (Phi) is 4.06. The molecule has 22 heavy (non-hydrogen) atoms. The number of aryl methyl sites for hydroxylation is 1. The van der Waals surface area contributed by atoms with Crippen molar-refractivity contribution >= 4 is 11.7 Å². The first kappa shape index (κ1) is 14.5. The number of rotatable bonds is 4. The molecule has 116 valence electrons. The lowest BCUT2D eigenvalue weighted by Crippen LogP contribution is -2.32. The van der Waals surface area contributed by atoms with Gasteiger partial charge in [0.1, 0.15) is 0 Å². The lowest BCUT2D eigenvalue weighted by atomic mass is 10.2. The maximum Gasteiger partial charge on any atom is 0.275 e. The highest BCUT2D eigenvalue weighted by atomic mass is 16.5. The van der Waals surface area contributed by atoms with Crippen molar-refractivity contribution in [3.8, 4) is 5.69 Å². The molecular formula is C15H19N5O2. The number of carbonyl (C=O) groups is 1. The van der Waals surface area contributed by atoms with Crippen molar-refractivity contribution in [2.45, 2.75) is 25.9 Å². The zero-order valence-corrected chi connectivity index (χ0v) is 12.5. The van der Waals surface area contributed by atoms with Gasteiger partial charge in [0.25, 0.3) is 5.91 Å². The minimum Gasteiger partial charge on any atom is -0.382 e. The molecule has 1 aromatic carbocycles. The van der Waals surface area contributed by atoms with Gasteiger partial charge < -0.3 is 15.8 Å². The van der Waals surface area contributed by atoms with Crippen molar-refractivity contribution in [2.24, 2.45) is 0 Å². The van der Waals surface area contributed by atoms with Gasteiger partial charge in [-0.15, -0.1) is 5.10 Å². The van der Waals surface area contributed by atoms with Gasteiger partial charge in [-0.05, 0) is 31.4 Å². The normalized spacial score (nSPS) is 17.6. The van der Waals surface area contributed by atoms with Crippen LogP contribution in [-0.2, 0) is 4.74 Å². The largest absolute Gasteiger partial charge is 0.382 e. The lowest BCUT2D eigenvalue weighted by Gasteiger charge is -2.10. The molecule has 3 N–H and O–H groups in total. The fraction of sp³-hybridized carbons (Fsp3) is 0.400. The van der Waals surface area contributed by atoms with Gasteiger partial charge in [0.15, 0.2) is 11.5 Å². The highest BCUT2D eigenvalue weighted by Crippen LogP contribution is 2.18. The summed E-state index contributed by atoms with van der Waals surface area (Å²) in [7, 11) is 0. The number of nitrogens with one attached hydrogen (secondary N) is 1. The molecule has 0 aliphatic carbocycles. The summed E-state index contributed by atoms with van der Waals surface area (Å²) in [5.74, 6) is -0.0908. The van der Waals surface area contributed by atoms with Crippen LogP contribution in [0.5, 0.6) is 0 Å². The molecule has 2 heterocycles. The summed E-state index contributed by atoms with van der Waals surface area (Å²) in [6.45, 7) is 3.18. The van der Waals surface area contributed by atoms with Crippen LogP contribution in [0.3, 0.4) is 0 Å². The number of nitrogen functional groups attached to an aromatic ring is 1. The molecule has 1 atom stereocenters. The Morgan fingerprint density at radius 1 is 1.50 bits per heavy atom. The number of aromatic nitrogens is 3. The smallest absolute Gasteiger partial charge is 0.275 e. The standard InChI is InChI=1S/C15H19N5O2/c1-10-5-2-3-7-12(10)20-14(16)13(18-19-20)15(21)17-9-11-6-4-8-22-11/h2-3,5,7,11H,4,6,8-9,16H2,1H3,(H,17,21)/t11-/m0/s1. The van der Waals surface area contributed by atoms with Crippen LogP contribution in [0.1, 0.15) is 28.9 Å². The second-order valence-electron chi connectivity index (χ2n) is 5.37. The Morgan fingerprint density at radius 2 is 2.32 bits per heavy atom. The molecule has 2 aromatic rings. The van der Waals surface area contributed by atoms with Crippen molar-refractivity contribution in [1.82, 2.24) is 20.3 Å². The molecule has 7 heteroatoms. The molecule has 1 aromatic heterocycles. The van der Waals surface area contributed by atoms with Crippen molar-refractivity contribution in [1.29, 1.82) is 0 Å². The van der Waals surface area contributed by atoms with Crippen LogP contribution in [0, 0.1) is 6.92 Å². The summed E-state index contributed by atoms with van der Waals surface area (Å²) in [5.41, 5.74) is 7.99. The average molecular weight is 301 g/mol. The number of hydrogen-bond donors (Lipinski definition) is 2. The van der Waals surface area contributed by atoms with E-state index >= 15 is 0 Å². The Hall–Kier alpha value is -2.41. The van der Waals surface area contributed by atoms with E-state index in [1.165, 1.54) is 4.68 Å². The molecule has 0 bridgehead atoms. The summed E-state index contributed by atoms with van der Waals surface area (Å²) in [6, 6.07) is 7.66. The number of nitrogens with zero attached hydrogens (tertiary/aromatic N) is 3. The maximum absolute atomic E-state index is 12.2. The number of para-hydroxylation sites is 1. The molecule has 1 fully saturated rings. The van der Waals surface area contributed by atoms with Crippen LogP contribution >= 0.6 is 0 Å². The predicted octanol–water partition coefficient (Wildman–Crippen LogP) is 1.07. The van der Waals surface area contributed by atoms with Crippen LogP contribution in [0.25, 0.3) is 5.69 Å². The maximum atomic E-state index is 12.2. The summed E-state index contributed by atoms with van der Waals surface area (Å²) in [4.78, 5) is 12.2. The van der Waals surface area contributed by atoms with Crippen molar-refractivity contribution in [3.05, 3.63) is 35.5 Å². The molecular weight excluding hydrogens is 282 g/mol. The van der Waals surface area contributed by atoms with E-state index in [0.29, 0.717) is 6.54 Å². The molecule has 0 radical (unpaired) electrons. The zero-order valence-electron chi connectivity index (χ0n) is 12.5. The molecule has 1 aliphatic rings. The van der Waals surface area contributed by atoms with Gasteiger partial charge in [-0.25, -0.2) is 0 Å². The Morgan fingerprint density at radius 3 is 3.05 bits per heavy atom. The first-order chi connectivity index (χ1) is 10.7. The third-order valence-electron chi connectivity index (χ3n) is 3.78. The minimum atomic E-state index is -0.326. The van der Waals surface area contributed by atoms with Gasteiger partial charge in [0, 0.05) is 13.2 Å². The van der Waals surface area contributed by atoms with Crippen molar-refractivity contribution in [2.75, 3.05) is 18.9 Å². The van der Waals surface area contributed by atoms with Gasteiger partial charge in [-0.1, -0.05) is 23.4 Å². The zero-order chi connectivity index (χ0) is 15.5. The first-order valence-corrected chi connectivity index (χ1v) is 7.34. The van der Waals surface area contributed by atoms with Gasteiger partial charge >= 0.3 is 0 Å². The topological polar surface area (TPSA) is 95.1 Å². The second-order valence-corrected chi connectivity index (χ2v) is 5.37. The van der Waals surface area contributed by atoms with Crippen molar-refractivity contribution in [3.63, 3.8) is 0 Å². The Balaban J connectivity index is 1.75. The number of benzene rings is 1. The number of hydrogen-bond acceptors (Lipinski definition) is 5. The Bertz CT molecular complexity index is 676. The lowest BCUT2D eigenvalue weighted by molar-refractivity contribution is 0.0854. The molecule has 7 nitrogen and oxygen atoms in total. The highest BCUT2D eigenvalue weighted by Gasteiger charge is 2.21. The van der Waals surface area contributed by atoms with E-state index in [9.17, 15) is 4.79 Å². The average Bonchev–Trinajstić information content (AvgIpc) is 3.15. The fourth-order valence-corrected chi connectivity index (χ4v) is 2.53. The molecule has 3 rings (SSSR count). The molecule has 1 aliphatic heterocycles. The predicted molar refractivity (Wildman–Crippen MR) is 81.8 cm³/mol. The van der Waals surface area contributed by atoms with E-state index < -0.39 is 0 Å². The third kappa shape index (κ3) is 2.80. The summed E-state index contributed by atoms with van der Waals surface area (Å²) >= 11 is 0. The number of ether oxygens (including phenoxy) is 1. The van der Waals surface area contributed by atoms with E-state index in [1.807, 2.05) is 31.2 Å². The van der Waals surface area contributed by atoms with Gasteiger partial charge in [-0.2, -0.15) is 4.68 Å². The van der Waals surface area contributed by atoms with Gasteiger partial charge in [-0.3, -0.25) is 4.79 Å². The fourth-order valence-electron chi connectivity index (χ4n) is 2.53. The van der Waals surface area contributed by atoms with E-state index in [4.69, 9.17) is 10.5 Å². The minimum absolute atomic E-state index is 0.0802. The molecule has 1 amide bonds. The van der Waals surface area contributed by atoms with Gasteiger partial charge in [0.2, 0.25) is 0 Å². The molecule has 1 saturated heterocycles. The highest BCUT2D eigenvalue weighted by molar-refractivity contribution is 5.96. The van der Waals surface area contributed by atoms with Crippen LogP contribution in [0.2, 0.25) is 0 Å². The summed E-state index contributed by atoms with van der Waals surface area (Å²) in [6.07, 6.45) is 2.08. The van der Waals surface area contributed by atoms with Crippen LogP contribution in [0.15, 0.2) is 24.3 Å². The monoisotopic (exact) mass is 301 g/mol. The molecule has 0 unspecified atom stereocenters. The quantitative estimate of drug-likeness (QED) is 0.880. The first-order valence-electron chi connectivity index (χ1n) is 7.34. The van der Waals surface area contributed by atoms with E-state index in [1.54, 1.807) is 0 Å². The van der Waals surface area contributed by atoms with Crippen LogP contribution in [-0.4, -0.2) is 40.2 Å². The Labute approximate surface area is 128 Å². The van der Waals surface area contributed by atoms with E-state index in [0.717, 1.165) is 30.7 Å². The number of nitrogens with two attached hydrogens (primary N) is 1. The van der Waals surface area contributed by atoms with Crippen LogP contribution < -0.4 is 11.1 Å².